The van der Waals surface area contributed by atoms with E-state index in [9.17, 15) is 0 Å². The molecule has 0 fully saturated rings. The van der Waals surface area contributed by atoms with E-state index in [2.05, 4.69) is 24.3 Å². The fourth-order valence-corrected chi connectivity index (χ4v) is 2.14. The highest BCUT2D eigenvalue weighted by molar-refractivity contribution is 5.76. The molecule has 1 nitrogen and oxygen atoms in total. The second kappa shape index (κ2) is 6.61. The molecule has 0 saturated carbocycles. The molecule has 0 spiro atoms. The van der Waals surface area contributed by atoms with Gasteiger partial charge in [-0.05, 0) is 36.8 Å². The number of nitriles is 1. The Morgan fingerprint density at radius 1 is 1.17 bits per heavy atom. The predicted molar refractivity (Wildman–Crippen MR) is 75.7 cm³/mol. The van der Waals surface area contributed by atoms with Gasteiger partial charge in [0.25, 0.3) is 0 Å². The highest BCUT2D eigenvalue weighted by Crippen LogP contribution is 2.21. The molecule has 90 valence electrons. The minimum absolute atomic E-state index is 0.976. The second-order valence-corrected chi connectivity index (χ2v) is 4.45. The van der Waals surface area contributed by atoms with E-state index in [0.717, 1.165) is 17.6 Å². The highest BCUT2D eigenvalue weighted by Gasteiger charge is 2.01. The Kier molecular flexibility index (Phi) is 4.55. The Morgan fingerprint density at radius 2 is 2.00 bits per heavy atom. The minimum Gasteiger partial charge on any atom is -0.193 e. The molecular weight excluding hydrogens is 218 g/mol. The van der Waals surface area contributed by atoms with Gasteiger partial charge in [0.15, 0.2) is 0 Å². The lowest BCUT2D eigenvalue weighted by Crippen LogP contribution is -1.88. The van der Waals surface area contributed by atoms with Gasteiger partial charge >= 0.3 is 0 Å². The smallest absolute Gasteiger partial charge is 0.0918 e. The molecule has 0 bridgehead atoms. The summed E-state index contributed by atoms with van der Waals surface area (Å²) in [4.78, 5) is 0. The Balaban J connectivity index is 2.18. The van der Waals surface area contributed by atoms with E-state index < -0.39 is 0 Å². The number of nitrogens with zero attached hydrogens (tertiary/aromatic N) is 1. The van der Waals surface area contributed by atoms with Crippen LogP contribution in [0.4, 0.5) is 0 Å². The van der Waals surface area contributed by atoms with Gasteiger partial charge in [0.2, 0.25) is 0 Å². The first-order valence-electron chi connectivity index (χ1n) is 6.42. The van der Waals surface area contributed by atoms with Gasteiger partial charge < -0.3 is 0 Å². The molecule has 0 aliphatic heterocycles. The van der Waals surface area contributed by atoms with Gasteiger partial charge in [-0.25, -0.2) is 0 Å². The van der Waals surface area contributed by atoms with Gasteiger partial charge in [0.05, 0.1) is 6.07 Å². The van der Waals surface area contributed by atoms with Crippen molar-refractivity contribution in [3.05, 3.63) is 65.8 Å². The van der Waals surface area contributed by atoms with Crippen molar-refractivity contribution in [3.63, 3.8) is 0 Å². The Bertz CT molecular complexity index is 512. The molecule has 0 saturated heterocycles. The number of benzene rings is 1. The van der Waals surface area contributed by atoms with Crippen molar-refractivity contribution in [2.45, 2.75) is 25.7 Å². The lowest BCUT2D eigenvalue weighted by molar-refractivity contribution is 0.712. The molecule has 0 heterocycles. The average Bonchev–Trinajstić information content (AvgIpc) is 2.45. The quantitative estimate of drug-likeness (QED) is 0.552. The predicted octanol–water partition coefficient (Wildman–Crippen LogP) is 4.65. The van der Waals surface area contributed by atoms with Gasteiger partial charge in [-0.2, -0.15) is 5.26 Å². The molecule has 0 radical (unpaired) electrons. The van der Waals surface area contributed by atoms with Crippen molar-refractivity contribution >= 4 is 5.57 Å². The van der Waals surface area contributed by atoms with Crippen LogP contribution in [0.15, 0.2) is 60.2 Å². The Morgan fingerprint density at radius 3 is 2.67 bits per heavy atom. The fraction of sp³-hybridized carbons (Fsp3) is 0.235. The van der Waals surface area contributed by atoms with Crippen molar-refractivity contribution in [1.29, 1.82) is 5.26 Å². The van der Waals surface area contributed by atoms with E-state index >= 15 is 0 Å². The SMILES string of the molecule is N#C/C=C(/C=C/C1=CCCCC1)c1ccccc1. The maximum atomic E-state index is 8.86. The van der Waals surface area contributed by atoms with Gasteiger partial charge in [-0.15, -0.1) is 0 Å². The van der Waals surface area contributed by atoms with E-state index in [1.807, 2.05) is 30.3 Å². The largest absolute Gasteiger partial charge is 0.193 e. The lowest BCUT2D eigenvalue weighted by Gasteiger charge is -2.08. The van der Waals surface area contributed by atoms with E-state index in [0.29, 0.717) is 0 Å². The zero-order chi connectivity index (χ0) is 12.6. The minimum atomic E-state index is 0.976. The van der Waals surface area contributed by atoms with Crippen molar-refractivity contribution in [3.8, 4) is 6.07 Å². The number of rotatable bonds is 3. The number of hydrogen-bond acceptors (Lipinski definition) is 1. The summed E-state index contributed by atoms with van der Waals surface area (Å²) in [5.41, 5.74) is 3.46. The molecule has 0 atom stereocenters. The Hall–Kier alpha value is -2.07. The fourth-order valence-electron chi connectivity index (χ4n) is 2.14. The standard InChI is InChI=1S/C17H17N/c18-14-13-17(16-9-5-2-6-10-16)12-11-15-7-3-1-4-8-15/h2,5-7,9-13H,1,3-4,8H2/b12-11+,17-13-. The van der Waals surface area contributed by atoms with E-state index in [1.54, 1.807) is 6.08 Å². The normalized spacial score (nSPS) is 16.4. The molecule has 0 aromatic heterocycles. The summed E-state index contributed by atoms with van der Waals surface area (Å²) < 4.78 is 0. The van der Waals surface area contributed by atoms with Crippen LogP contribution in [0.25, 0.3) is 5.57 Å². The summed E-state index contributed by atoms with van der Waals surface area (Å²) in [7, 11) is 0. The van der Waals surface area contributed by atoms with Crippen LogP contribution in [0, 0.1) is 11.3 Å². The molecule has 1 heteroatoms. The zero-order valence-electron chi connectivity index (χ0n) is 10.5. The second-order valence-electron chi connectivity index (χ2n) is 4.45. The van der Waals surface area contributed by atoms with Crippen LogP contribution in [-0.4, -0.2) is 0 Å². The van der Waals surface area contributed by atoms with Crippen LogP contribution in [0.3, 0.4) is 0 Å². The van der Waals surface area contributed by atoms with Crippen molar-refractivity contribution in [1.82, 2.24) is 0 Å². The molecular formula is C17H17N. The molecule has 1 aliphatic rings. The van der Waals surface area contributed by atoms with Gasteiger partial charge in [0, 0.05) is 6.08 Å². The van der Waals surface area contributed by atoms with E-state index in [-0.39, 0.29) is 0 Å². The molecule has 0 N–H and O–H groups in total. The van der Waals surface area contributed by atoms with Gasteiger partial charge in [0.1, 0.15) is 0 Å². The zero-order valence-corrected chi connectivity index (χ0v) is 10.5. The number of allylic oxidation sites excluding steroid dienone is 6. The van der Waals surface area contributed by atoms with Crippen LogP contribution in [0.2, 0.25) is 0 Å². The molecule has 1 aromatic carbocycles. The van der Waals surface area contributed by atoms with Crippen LogP contribution >= 0.6 is 0 Å². The van der Waals surface area contributed by atoms with Gasteiger partial charge in [-0.3, -0.25) is 0 Å². The molecule has 1 aromatic rings. The molecule has 0 amide bonds. The third-order valence-electron chi connectivity index (χ3n) is 3.13. The molecule has 18 heavy (non-hydrogen) atoms. The van der Waals surface area contributed by atoms with Gasteiger partial charge in [-0.1, -0.05) is 54.1 Å². The van der Waals surface area contributed by atoms with Crippen LogP contribution < -0.4 is 0 Å². The maximum Gasteiger partial charge on any atom is 0.0918 e. The molecule has 0 unspecified atom stereocenters. The third-order valence-corrected chi connectivity index (χ3v) is 3.13. The third kappa shape index (κ3) is 3.46. The summed E-state index contributed by atoms with van der Waals surface area (Å²) in [6.45, 7) is 0. The summed E-state index contributed by atoms with van der Waals surface area (Å²) in [5.74, 6) is 0. The summed E-state index contributed by atoms with van der Waals surface area (Å²) >= 11 is 0. The maximum absolute atomic E-state index is 8.86. The van der Waals surface area contributed by atoms with E-state index in [1.165, 1.54) is 24.8 Å². The number of hydrogen-bond donors (Lipinski definition) is 0. The summed E-state index contributed by atoms with van der Waals surface area (Å²) in [6, 6.07) is 12.2. The van der Waals surface area contributed by atoms with Crippen molar-refractivity contribution < 1.29 is 0 Å². The monoisotopic (exact) mass is 235 g/mol. The summed E-state index contributed by atoms with van der Waals surface area (Å²) in [6.07, 6.45) is 13.0. The molecule has 1 aliphatic carbocycles. The van der Waals surface area contributed by atoms with Crippen molar-refractivity contribution in [2.24, 2.45) is 0 Å². The first-order valence-corrected chi connectivity index (χ1v) is 6.42. The Labute approximate surface area is 109 Å². The lowest BCUT2D eigenvalue weighted by atomic mass is 9.97. The first kappa shape index (κ1) is 12.4. The van der Waals surface area contributed by atoms with Crippen molar-refractivity contribution in [2.75, 3.05) is 0 Å². The molecule has 2 rings (SSSR count). The summed E-state index contributed by atoms with van der Waals surface area (Å²) in [5, 5.41) is 8.86. The first-order chi connectivity index (χ1) is 8.90. The van der Waals surface area contributed by atoms with Crippen LogP contribution in [0.1, 0.15) is 31.2 Å². The topological polar surface area (TPSA) is 23.8 Å². The van der Waals surface area contributed by atoms with Crippen LogP contribution in [-0.2, 0) is 0 Å². The van der Waals surface area contributed by atoms with E-state index in [4.69, 9.17) is 5.26 Å². The van der Waals surface area contributed by atoms with Crippen LogP contribution in [0.5, 0.6) is 0 Å². The average molecular weight is 235 g/mol. The highest BCUT2D eigenvalue weighted by atomic mass is 14.2.